The van der Waals surface area contributed by atoms with Crippen LogP contribution in [-0.2, 0) is 23.1 Å². The highest BCUT2D eigenvalue weighted by Crippen LogP contribution is 2.43. The number of benzene rings is 1. The van der Waals surface area contributed by atoms with Crippen LogP contribution in [0.15, 0.2) is 6.07 Å². The highest BCUT2D eigenvalue weighted by Gasteiger charge is 2.30. The summed E-state index contributed by atoms with van der Waals surface area (Å²) in [4.78, 5) is 24.3. The first kappa shape index (κ1) is 18.0. The average molecular weight is 384 g/mol. The summed E-state index contributed by atoms with van der Waals surface area (Å²) in [6.07, 6.45) is -0.526. The van der Waals surface area contributed by atoms with E-state index in [9.17, 15) is 14.7 Å². The molecule has 6 nitrogen and oxygen atoms in total. The summed E-state index contributed by atoms with van der Waals surface area (Å²) in [6.45, 7) is 3.73. The van der Waals surface area contributed by atoms with Crippen LogP contribution in [0.1, 0.15) is 31.0 Å². The van der Waals surface area contributed by atoms with E-state index in [0.29, 0.717) is 39.6 Å². The van der Waals surface area contributed by atoms with Crippen LogP contribution in [0.4, 0.5) is 5.69 Å². The van der Waals surface area contributed by atoms with Crippen LogP contribution in [0.3, 0.4) is 0 Å². The van der Waals surface area contributed by atoms with E-state index < -0.39 is 17.9 Å². The molecule has 1 aliphatic heterocycles. The van der Waals surface area contributed by atoms with Crippen molar-refractivity contribution < 1.29 is 14.7 Å². The topological polar surface area (TPSA) is 83.4 Å². The van der Waals surface area contributed by atoms with Crippen molar-refractivity contribution in [3.05, 3.63) is 27.4 Å². The Balaban J connectivity index is 2.36. The molecule has 0 fully saturated rings. The Hall–Kier alpha value is -1.76. The number of amides is 2. The van der Waals surface area contributed by atoms with Crippen molar-refractivity contribution in [1.29, 1.82) is 0 Å². The van der Waals surface area contributed by atoms with E-state index in [4.69, 9.17) is 23.2 Å². The summed E-state index contributed by atoms with van der Waals surface area (Å²) in [5.74, 6) is -1.03. The highest BCUT2D eigenvalue weighted by atomic mass is 35.5. The lowest BCUT2D eigenvalue weighted by Crippen LogP contribution is -2.27. The van der Waals surface area contributed by atoms with Crippen molar-refractivity contribution >= 4 is 51.6 Å². The molecule has 3 N–H and O–H groups in total. The molecule has 2 aromatic rings. The second-order valence-electron chi connectivity index (χ2n) is 6.29. The van der Waals surface area contributed by atoms with Gasteiger partial charge >= 0.3 is 0 Å². The summed E-state index contributed by atoms with van der Waals surface area (Å²) in [5.41, 5.74) is 2.90. The number of carbonyl (C=O) groups is 2. The fraction of sp³-hybridized carbons (Fsp3) is 0.412. The van der Waals surface area contributed by atoms with Gasteiger partial charge in [0.25, 0.3) is 5.91 Å². The SMILES string of the molecule is CC1C(=O)NCCc2c1c1c(NC(=O)[C@H](C)O)cc(Cl)c(Cl)c1n2C. The largest absolute Gasteiger partial charge is 0.384 e. The number of nitrogens with zero attached hydrogens (tertiary/aromatic N) is 1. The number of hydrogen-bond acceptors (Lipinski definition) is 3. The van der Waals surface area contributed by atoms with Gasteiger partial charge in [0.05, 0.1) is 27.2 Å². The van der Waals surface area contributed by atoms with Gasteiger partial charge in [-0.3, -0.25) is 9.59 Å². The third kappa shape index (κ3) is 2.88. The minimum Gasteiger partial charge on any atom is -0.384 e. The molecule has 8 heteroatoms. The molecule has 0 bridgehead atoms. The highest BCUT2D eigenvalue weighted by molar-refractivity contribution is 6.46. The Morgan fingerprint density at radius 3 is 2.80 bits per heavy atom. The molecular formula is C17H19Cl2N3O3. The van der Waals surface area contributed by atoms with Crippen LogP contribution in [0, 0.1) is 0 Å². The third-order valence-corrected chi connectivity index (χ3v) is 5.42. The smallest absolute Gasteiger partial charge is 0.252 e. The van der Waals surface area contributed by atoms with Crippen molar-refractivity contribution in [3.8, 4) is 0 Å². The van der Waals surface area contributed by atoms with Crippen LogP contribution in [-0.4, -0.2) is 34.1 Å². The Labute approximate surface area is 155 Å². The van der Waals surface area contributed by atoms with Crippen LogP contribution >= 0.6 is 23.2 Å². The molecule has 3 rings (SSSR count). The fourth-order valence-corrected chi connectivity index (χ4v) is 3.83. The molecular weight excluding hydrogens is 365 g/mol. The summed E-state index contributed by atoms with van der Waals surface area (Å²) in [6, 6.07) is 1.56. The number of halogens is 2. The number of rotatable bonds is 2. The summed E-state index contributed by atoms with van der Waals surface area (Å²) >= 11 is 12.7. The van der Waals surface area contributed by atoms with Crippen molar-refractivity contribution in [3.63, 3.8) is 0 Å². The van der Waals surface area contributed by atoms with Gasteiger partial charge < -0.3 is 20.3 Å². The molecule has 2 atom stereocenters. The number of aliphatic hydroxyl groups excluding tert-OH is 1. The molecule has 1 aromatic heterocycles. The number of aliphatic hydroxyl groups is 1. The van der Waals surface area contributed by atoms with Crippen LogP contribution < -0.4 is 10.6 Å². The normalized spacial score (nSPS) is 18.5. The predicted octanol–water partition coefficient (Wildman–Crippen LogP) is 2.58. The first-order valence-electron chi connectivity index (χ1n) is 7.99. The maximum Gasteiger partial charge on any atom is 0.252 e. The van der Waals surface area contributed by atoms with Crippen LogP contribution in [0.2, 0.25) is 10.0 Å². The van der Waals surface area contributed by atoms with Crippen molar-refractivity contribution in [2.45, 2.75) is 32.3 Å². The number of aryl methyl sites for hydroxylation is 1. The molecule has 0 spiro atoms. The molecule has 0 aliphatic carbocycles. The lowest BCUT2D eigenvalue weighted by molar-refractivity contribution is -0.123. The Morgan fingerprint density at radius 1 is 1.48 bits per heavy atom. The lowest BCUT2D eigenvalue weighted by Gasteiger charge is -2.14. The van der Waals surface area contributed by atoms with E-state index in [-0.39, 0.29) is 5.91 Å². The van der Waals surface area contributed by atoms with Crippen LogP contribution in [0.25, 0.3) is 10.9 Å². The molecule has 2 amide bonds. The lowest BCUT2D eigenvalue weighted by atomic mass is 9.96. The number of fused-ring (bicyclic) bond motifs is 3. The molecule has 1 aliphatic rings. The number of hydrogen-bond donors (Lipinski definition) is 3. The van der Waals surface area contributed by atoms with Crippen molar-refractivity contribution in [2.24, 2.45) is 7.05 Å². The Kier molecular flexibility index (Phi) is 4.70. The minimum absolute atomic E-state index is 0.0786. The molecule has 134 valence electrons. The van der Waals surface area contributed by atoms with E-state index in [0.717, 1.165) is 11.3 Å². The molecule has 0 saturated heterocycles. The van der Waals surface area contributed by atoms with Gasteiger partial charge in [0.1, 0.15) is 6.10 Å². The molecule has 0 radical (unpaired) electrons. The van der Waals surface area contributed by atoms with Crippen molar-refractivity contribution in [2.75, 3.05) is 11.9 Å². The first-order chi connectivity index (χ1) is 11.7. The van der Waals surface area contributed by atoms with Gasteiger partial charge in [-0.2, -0.15) is 0 Å². The van der Waals surface area contributed by atoms with Gasteiger partial charge in [-0.1, -0.05) is 23.2 Å². The van der Waals surface area contributed by atoms with Gasteiger partial charge in [-0.15, -0.1) is 0 Å². The van der Waals surface area contributed by atoms with E-state index in [1.807, 2.05) is 18.5 Å². The number of anilines is 1. The zero-order valence-corrected chi connectivity index (χ0v) is 15.6. The second-order valence-corrected chi connectivity index (χ2v) is 7.08. The number of nitrogens with one attached hydrogen (secondary N) is 2. The summed E-state index contributed by atoms with van der Waals surface area (Å²) in [7, 11) is 1.87. The Morgan fingerprint density at radius 2 is 2.16 bits per heavy atom. The fourth-order valence-electron chi connectivity index (χ4n) is 3.35. The molecule has 1 aromatic carbocycles. The quantitative estimate of drug-likeness (QED) is 0.744. The standard InChI is InChI=1S/C17H19Cl2N3O3/c1-7-12-11(4-5-20-16(7)24)22(3)15-13(12)10(6-9(18)14(15)19)21-17(25)8(2)23/h6-8,23H,4-5H2,1-3H3,(H,20,24)(H,21,25)/t7?,8-/m0/s1. The molecule has 1 unspecified atom stereocenters. The zero-order valence-electron chi connectivity index (χ0n) is 14.1. The second kappa shape index (κ2) is 6.52. The number of aromatic nitrogens is 1. The van der Waals surface area contributed by atoms with E-state index in [2.05, 4.69) is 10.6 Å². The predicted molar refractivity (Wildman–Crippen MR) is 98.4 cm³/mol. The maximum absolute atomic E-state index is 12.3. The van der Waals surface area contributed by atoms with Gasteiger partial charge in [0.15, 0.2) is 0 Å². The van der Waals surface area contributed by atoms with E-state index in [1.165, 1.54) is 6.92 Å². The first-order valence-corrected chi connectivity index (χ1v) is 8.75. The average Bonchev–Trinajstić information content (AvgIpc) is 2.75. The third-order valence-electron chi connectivity index (χ3n) is 4.64. The van der Waals surface area contributed by atoms with Crippen molar-refractivity contribution in [1.82, 2.24) is 9.88 Å². The minimum atomic E-state index is -1.17. The summed E-state index contributed by atoms with van der Waals surface area (Å²) in [5, 5.41) is 16.5. The van der Waals surface area contributed by atoms with Gasteiger partial charge in [0, 0.05) is 31.1 Å². The Bertz CT molecular complexity index is 889. The van der Waals surface area contributed by atoms with E-state index in [1.54, 1.807) is 6.07 Å². The molecule has 25 heavy (non-hydrogen) atoms. The van der Waals surface area contributed by atoms with Crippen LogP contribution in [0.5, 0.6) is 0 Å². The number of carbonyl (C=O) groups excluding carboxylic acids is 2. The summed E-state index contributed by atoms with van der Waals surface area (Å²) < 4.78 is 1.92. The monoisotopic (exact) mass is 383 g/mol. The van der Waals surface area contributed by atoms with Gasteiger partial charge in [-0.25, -0.2) is 0 Å². The molecule has 0 saturated carbocycles. The van der Waals surface area contributed by atoms with Gasteiger partial charge in [0.2, 0.25) is 5.91 Å². The zero-order chi connectivity index (χ0) is 18.5. The van der Waals surface area contributed by atoms with E-state index >= 15 is 0 Å². The van der Waals surface area contributed by atoms with Gasteiger partial charge in [-0.05, 0) is 25.5 Å². The molecule has 2 heterocycles. The maximum atomic E-state index is 12.3.